The molecule has 7 nitrogen and oxygen atoms in total. The molecular weight excluding hydrogens is 376 g/mol. The summed E-state index contributed by atoms with van der Waals surface area (Å²) < 4.78 is 4.94. The molecule has 3 aromatic rings. The van der Waals surface area contributed by atoms with Crippen LogP contribution in [0.4, 0.5) is 10.8 Å². The summed E-state index contributed by atoms with van der Waals surface area (Å²) in [5.41, 5.74) is 2.34. The third-order valence-electron chi connectivity index (χ3n) is 4.69. The molecule has 0 bridgehead atoms. The molecule has 0 atom stereocenters. The van der Waals surface area contributed by atoms with E-state index in [2.05, 4.69) is 15.2 Å². The van der Waals surface area contributed by atoms with E-state index in [1.54, 1.807) is 18.0 Å². The van der Waals surface area contributed by atoms with Gasteiger partial charge in [0.05, 0.1) is 24.1 Å². The summed E-state index contributed by atoms with van der Waals surface area (Å²) in [6.07, 6.45) is 3.62. The summed E-state index contributed by atoms with van der Waals surface area (Å²) in [5.74, 6) is -0.191. The van der Waals surface area contributed by atoms with Gasteiger partial charge in [-0.1, -0.05) is 18.2 Å². The van der Waals surface area contributed by atoms with Crippen LogP contribution in [-0.4, -0.2) is 41.8 Å². The van der Waals surface area contributed by atoms with Crippen molar-refractivity contribution in [1.29, 1.82) is 0 Å². The van der Waals surface area contributed by atoms with Crippen molar-refractivity contribution in [2.75, 3.05) is 30.4 Å². The Balaban J connectivity index is 1.37. The zero-order valence-electron chi connectivity index (χ0n) is 15.4. The number of carbonyl (C=O) groups is 2. The van der Waals surface area contributed by atoms with Gasteiger partial charge >= 0.3 is 0 Å². The lowest BCUT2D eigenvalue weighted by atomic mass is 10.2. The predicted molar refractivity (Wildman–Crippen MR) is 108 cm³/mol. The molecule has 1 aliphatic rings. The zero-order chi connectivity index (χ0) is 19.5. The molecule has 4 rings (SSSR count). The van der Waals surface area contributed by atoms with Gasteiger partial charge in [0, 0.05) is 37.1 Å². The Morgan fingerprint density at radius 2 is 2.11 bits per heavy atom. The number of carbonyl (C=O) groups excluding carboxylic acids is 2. The van der Waals surface area contributed by atoms with Crippen molar-refractivity contribution in [3.63, 3.8) is 0 Å². The molecule has 0 saturated heterocycles. The first-order chi connectivity index (χ1) is 13.6. The Labute approximate surface area is 166 Å². The van der Waals surface area contributed by atoms with Crippen LogP contribution in [0, 0.1) is 0 Å². The van der Waals surface area contributed by atoms with Crippen LogP contribution in [-0.2, 0) is 17.8 Å². The minimum absolute atomic E-state index is 0.0487. The third kappa shape index (κ3) is 3.97. The average Bonchev–Trinajstić information content (AvgIpc) is 3.37. The molecule has 0 spiro atoms. The zero-order valence-corrected chi connectivity index (χ0v) is 16.2. The second-order valence-electron chi connectivity index (χ2n) is 6.60. The highest BCUT2D eigenvalue weighted by atomic mass is 32.1. The fourth-order valence-corrected chi connectivity index (χ4v) is 4.14. The molecule has 1 N–H and O–H groups in total. The Morgan fingerprint density at radius 3 is 2.86 bits per heavy atom. The Bertz CT molecular complexity index is 969. The summed E-state index contributed by atoms with van der Waals surface area (Å²) in [4.78, 5) is 34.2. The number of benzene rings is 1. The maximum Gasteiger partial charge on any atom is 0.260 e. The van der Waals surface area contributed by atoms with Crippen molar-refractivity contribution >= 4 is 34.0 Å². The lowest BCUT2D eigenvalue weighted by molar-refractivity contribution is -0.119. The van der Waals surface area contributed by atoms with Crippen LogP contribution in [0.2, 0.25) is 0 Å². The molecule has 8 heteroatoms. The minimum Gasteiger partial charge on any atom is -0.472 e. The van der Waals surface area contributed by atoms with E-state index in [0.29, 0.717) is 23.8 Å². The molecule has 0 saturated carbocycles. The van der Waals surface area contributed by atoms with Gasteiger partial charge in [0.15, 0.2) is 5.13 Å². The van der Waals surface area contributed by atoms with Crippen molar-refractivity contribution in [3.05, 3.63) is 65.1 Å². The number of hydrogen-bond acceptors (Lipinski definition) is 6. The third-order valence-corrected chi connectivity index (χ3v) is 5.69. The Hall–Kier alpha value is -2.97. The molecule has 144 valence electrons. The van der Waals surface area contributed by atoms with Gasteiger partial charge in [-0.15, -0.1) is 11.3 Å². The van der Waals surface area contributed by atoms with Gasteiger partial charge in [0.1, 0.15) is 6.26 Å². The normalized spacial score (nSPS) is 13.8. The number of aromatic nitrogens is 1. The topological polar surface area (TPSA) is 78.7 Å². The van der Waals surface area contributed by atoms with Crippen LogP contribution in [0.15, 0.2) is 53.3 Å². The van der Waals surface area contributed by atoms with Crippen molar-refractivity contribution < 1.29 is 14.0 Å². The van der Waals surface area contributed by atoms with Crippen LogP contribution in [0.25, 0.3) is 0 Å². The number of anilines is 2. The smallest absolute Gasteiger partial charge is 0.260 e. The van der Waals surface area contributed by atoms with E-state index < -0.39 is 0 Å². The highest BCUT2D eigenvalue weighted by Crippen LogP contribution is 2.28. The SMILES string of the molecule is CN(C(=O)CN1CCc2nc(NC(=O)c3ccoc3)sc2C1)c1ccccc1. The van der Waals surface area contributed by atoms with Gasteiger partial charge in [-0.25, -0.2) is 4.98 Å². The van der Waals surface area contributed by atoms with Crippen LogP contribution >= 0.6 is 11.3 Å². The minimum atomic E-state index is -0.239. The largest absolute Gasteiger partial charge is 0.472 e. The van der Waals surface area contributed by atoms with E-state index in [-0.39, 0.29) is 11.8 Å². The molecule has 0 fully saturated rings. The fraction of sp³-hybridized carbons (Fsp3) is 0.250. The molecule has 0 aliphatic carbocycles. The number of nitrogens with zero attached hydrogens (tertiary/aromatic N) is 3. The van der Waals surface area contributed by atoms with Gasteiger partial charge in [-0.3, -0.25) is 19.8 Å². The van der Waals surface area contributed by atoms with Gasteiger partial charge in [0.25, 0.3) is 5.91 Å². The maximum atomic E-state index is 12.6. The van der Waals surface area contributed by atoms with Gasteiger partial charge in [-0.2, -0.15) is 0 Å². The number of hydrogen-bond donors (Lipinski definition) is 1. The number of nitrogens with one attached hydrogen (secondary N) is 1. The summed E-state index contributed by atoms with van der Waals surface area (Å²) in [6, 6.07) is 11.2. The first-order valence-electron chi connectivity index (χ1n) is 8.96. The molecule has 1 aliphatic heterocycles. The van der Waals surface area contributed by atoms with Gasteiger partial charge < -0.3 is 9.32 Å². The summed E-state index contributed by atoms with van der Waals surface area (Å²) in [7, 11) is 1.79. The number of rotatable bonds is 5. The highest BCUT2D eigenvalue weighted by Gasteiger charge is 2.24. The molecular formula is C20H20N4O3S. The first kappa shape index (κ1) is 18.4. The maximum absolute atomic E-state index is 12.6. The first-order valence-corrected chi connectivity index (χ1v) is 9.78. The Morgan fingerprint density at radius 1 is 1.29 bits per heavy atom. The second-order valence-corrected chi connectivity index (χ2v) is 7.69. The number of para-hydroxylation sites is 1. The lowest BCUT2D eigenvalue weighted by Gasteiger charge is -2.27. The predicted octanol–water partition coefficient (Wildman–Crippen LogP) is 3.01. The number of likely N-dealkylation sites (N-methyl/N-ethyl adjacent to an activating group) is 1. The standard InChI is InChI=1S/C20H20N4O3S/c1-23(15-5-3-2-4-6-15)18(25)12-24-9-7-16-17(11-24)28-20(21-16)22-19(26)14-8-10-27-13-14/h2-6,8,10,13H,7,9,11-12H2,1H3,(H,21,22,26). The van der Waals surface area contributed by atoms with E-state index in [4.69, 9.17) is 4.42 Å². The lowest BCUT2D eigenvalue weighted by Crippen LogP contribution is -2.40. The number of furan rings is 1. The summed E-state index contributed by atoms with van der Waals surface area (Å²) in [5, 5.41) is 3.39. The van der Waals surface area contributed by atoms with E-state index in [1.807, 2.05) is 30.3 Å². The van der Waals surface area contributed by atoms with Crippen molar-refractivity contribution in [2.24, 2.45) is 0 Å². The van der Waals surface area contributed by atoms with E-state index in [0.717, 1.165) is 29.2 Å². The molecule has 2 amide bonds. The summed E-state index contributed by atoms with van der Waals surface area (Å²) in [6.45, 7) is 1.77. The van der Waals surface area contributed by atoms with Crippen molar-refractivity contribution in [2.45, 2.75) is 13.0 Å². The average molecular weight is 396 g/mol. The fourth-order valence-electron chi connectivity index (χ4n) is 3.09. The van der Waals surface area contributed by atoms with Crippen LogP contribution in [0.5, 0.6) is 0 Å². The van der Waals surface area contributed by atoms with Crippen LogP contribution < -0.4 is 10.2 Å². The monoisotopic (exact) mass is 396 g/mol. The molecule has 0 unspecified atom stereocenters. The number of fused-ring (bicyclic) bond motifs is 1. The van der Waals surface area contributed by atoms with E-state index in [1.165, 1.54) is 23.9 Å². The second kappa shape index (κ2) is 7.95. The molecule has 3 heterocycles. The van der Waals surface area contributed by atoms with E-state index in [9.17, 15) is 9.59 Å². The molecule has 1 aromatic carbocycles. The van der Waals surface area contributed by atoms with Gasteiger partial charge in [-0.05, 0) is 18.2 Å². The number of thiazole rings is 1. The van der Waals surface area contributed by atoms with E-state index >= 15 is 0 Å². The summed E-state index contributed by atoms with van der Waals surface area (Å²) >= 11 is 1.46. The molecule has 2 aromatic heterocycles. The van der Waals surface area contributed by atoms with Gasteiger partial charge in [0.2, 0.25) is 5.91 Å². The quantitative estimate of drug-likeness (QED) is 0.717. The number of amides is 2. The molecule has 28 heavy (non-hydrogen) atoms. The van der Waals surface area contributed by atoms with Crippen LogP contribution in [0.1, 0.15) is 20.9 Å². The Kier molecular flexibility index (Phi) is 5.23. The van der Waals surface area contributed by atoms with Crippen LogP contribution in [0.3, 0.4) is 0 Å². The highest BCUT2D eigenvalue weighted by molar-refractivity contribution is 7.15. The molecule has 0 radical (unpaired) electrons. The van der Waals surface area contributed by atoms with Crippen molar-refractivity contribution in [3.8, 4) is 0 Å². The van der Waals surface area contributed by atoms with Crippen molar-refractivity contribution in [1.82, 2.24) is 9.88 Å².